The molecule has 0 heterocycles. The lowest BCUT2D eigenvalue weighted by Gasteiger charge is -1.89. The zero-order valence-electron chi connectivity index (χ0n) is 13.9. The Morgan fingerprint density at radius 2 is 0.750 bits per heavy atom. The molecule has 0 aliphatic rings. The summed E-state index contributed by atoms with van der Waals surface area (Å²) in [5.74, 6) is -0.0880. The van der Waals surface area contributed by atoms with Gasteiger partial charge in [0.25, 0.3) is 0 Å². The Balaban J connectivity index is -0.0000000871. The van der Waals surface area contributed by atoms with E-state index in [0.29, 0.717) is 13.2 Å². The van der Waals surface area contributed by atoms with Crippen molar-refractivity contribution in [3.05, 3.63) is 0 Å². The Bertz CT molecular complexity index is 235. The third-order valence-corrected chi connectivity index (χ3v) is 0.695. The molecule has 0 saturated carbocycles. The second kappa shape index (κ2) is 22.5. The molecule has 0 atom stereocenters. The van der Waals surface area contributed by atoms with Gasteiger partial charge in [0.15, 0.2) is 0 Å². The fourth-order valence-corrected chi connectivity index (χ4v) is 0.407. The first-order chi connectivity index (χ1) is 9.00. The number of carbonyl (C=O) groups is 4. The summed E-state index contributed by atoms with van der Waals surface area (Å²) in [4.78, 5) is 38.5. The van der Waals surface area contributed by atoms with Gasteiger partial charge in [-0.2, -0.15) is 0 Å². The topological polar surface area (TPSA) is 86.7 Å². The van der Waals surface area contributed by atoms with Crippen molar-refractivity contribution in [3.8, 4) is 0 Å². The zero-order valence-corrected chi connectivity index (χ0v) is 13.9. The molecule has 120 valence electrons. The minimum Gasteiger partial charge on any atom is -0.466 e. The van der Waals surface area contributed by atoms with Gasteiger partial charge in [-0.3, -0.25) is 9.59 Å². The first kappa shape index (κ1) is 26.8. The Hall–Kier alpha value is -1.72. The summed E-state index contributed by atoms with van der Waals surface area (Å²) in [6, 6.07) is 0. The van der Waals surface area contributed by atoms with Gasteiger partial charge in [-0.15, -0.1) is 0 Å². The van der Waals surface area contributed by atoms with Gasteiger partial charge in [-0.1, -0.05) is 0 Å². The van der Waals surface area contributed by atoms with Crippen LogP contribution in [-0.2, 0) is 28.7 Å². The van der Waals surface area contributed by atoms with Crippen molar-refractivity contribution in [1.29, 1.82) is 0 Å². The van der Waals surface area contributed by atoms with E-state index >= 15 is 0 Å². The molecule has 0 aliphatic carbocycles. The standard InChI is InChI=1S/2C4H8O2.2C3H6O/c2*1-3-6-4(2)5;2*1-3(2)4/h2*3H2,1-2H3;2*1-2H3. The van der Waals surface area contributed by atoms with Gasteiger partial charge < -0.3 is 19.1 Å². The normalized spacial score (nSPS) is 7.20. The molecule has 0 fully saturated rings. The van der Waals surface area contributed by atoms with Gasteiger partial charge in [0, 0.05) is 13.8 Å². The van der Waals surface area contributed by atoms with Gasteiger partial charge >= 0.3 is 11.9 Å². The van der Waals surface area contributed by atoms with Crippen molar-refractivity contribution < 1.29 is 28.7 Å². The molecule has 6 heteroatoms. The Labute approximate surface area is 121 Å². The van der Waals surface area contributed by atoms with Crippen LogP contribution in [0.2, 0.25) is 0 Å². The van der Waals surface area contributed by atoms with Crippen LogP contribution in [0.4, 0.5) is 0 Å². The minimum absolute atomic E-state index is 0.167. The quantitative estimate of drug-likeness (QED) is 0.726. The summed E-state index contributed by atoms with van der Waals surface area (Å²) in [7, 11) is 0. The van der Waals surface area contributed by atoms with Crippen molar-refractivity contribution in [2.45, 2.75) is 55.4 Å². The van der Waals surface area contributed by atoms with Crippen LogP contribution in [-0.4, -0.2) is 36.7 Å². The fourth-order valence-electron chi connectivity index (χ4n) is 0.407. The number of rotatable bonds is 2. The van der Waals surface area contributed by atoms with Crippen LogP contribution < -0.4 is 0 Å². The maximum Gasteiger partial charge on any atom is 0.302 e. The number of Topliss-reactive ketones (excluding diaryl/α,β-unsaturated/α-hetero) is 2. The number of ether oxygens (including phenoxy) is 2. The molecule has 20 heavy (non-hydrogen) atoms. The molecule has 0 spiro atoms. The molecular weight excluding hydrogens is 264 g/mol. The highest BCUT2D eigenvalue weighted by Crippen LogP contribution is 1.70. The molecule has 0 aromatic carbocycles. The van der Waals surface area contributed by atoms with E-state index in [4.69, 9.17) is 0 Å². The van der Waals surface area contributed by atoms with E-state index in [2.05, 4.69) is 9.47 Å². The van der Waals surface area contributed by atoms with E-state index in [0.717, 1.165) is 0 Å². The average Bonchev–Trinajstić information content (AvgIpc) is 2.15. The van der Waals surface area contributed by atoms with Crippen molar-refractivity contribution >= 4 is 23.5 Å². The summed E-state index contributed by atoms with van der Waals surface area (Å²) in [6.07, 6.45) is 0. The number of hydrogen-bond donors (Lipinski definition) is 0. The van der Waals surface area contributed by atoms with Gasteiger partial charge in [-0.25, -0.2) is 0 Å². The first-order valence-corrected chi connectivity index (χ1v) is 6.22. The second-order valence-electron chi connectivity index (χ2n) is 3.67. The summed E-state index contributed by atoms with van der Waals surface area (Å²) >= 11 is 0. The molecule has 0 rings (SSSR count). The molecule has 6 nitrogen and oxygen atoms in total. The van der Waals surface area contributed by atoms with E-state index < -0.39 is 0 Å². The highest BCUT2D eigenvalue weighted by atomic mass is 16.5. The summed E-state index contributed by atoms with van der Waals surface area (Å²) in [6.45, 7) is 13.4. The monoisotopic (exact) mass is 292 g/mol. The zero-order chi connectivity index (χ0) is 17.1. The highest BCUT2D eigenvalue weighted by Gasteiger charge is 1.82. The van der Waals surface area contributed by atoms with Gasteiger partial charge in [0.1, 0.15) is 11.6 Å². The number of ketones is 2. The largest absolute Gasteiger partial charge is 0.466 e. The third-order valence-electron chi connectivity index (χ3n) is 0.695. The molecule has 0 N–H and O–H groups in total. The van der Waals surface area contributed by atoms with Crippen LogP contribution in [0.3, 0.4) is 0 Å². The Kier molecular flexibility index (Phi) is 30.1. The van der Waals surface area contributed by atoms with E-state index in [1.54, 1.807) is 13.8 Å². The maximum absolute atomic E-state index is 9.82. The summed E-state index contributed by atoms with van der Waals surface area (Å²) < 4.78 is 8.81. The van der Waals surface area contributed by atoms with Crippen LogP contribution in [0.5, 0.6) is 0 Å². The second-order valence-corrected chi connectivity index (χ2v) is 3.67. The van der Waals surface area contributed by atoms with Gasteiger partial charge in [0.05, 0.1) is 13.2 Å². The predicted octanol–water partition coefficient (Wildman–Crippen LogP) is 2.33. The molecule has 0 aliphatic heterocycles. The number of hydrogen-bond acceptors (Lipinski definition) is 6. The van der Waals surface area contributed by atoms with Crippen molar-refractivity contribution in [2.24, 2.45) is 0 Å². The van der Waals surface area contributed by atoms with E-state index in [1.165, 1.54) is 41.5 Å². The maximum atomic E-state index is 9.82. The Morgan fingerprint density at radius 3 is 0.750 bits per heavy atom. The molecule has 0 aromatic heterocycles. The minimum atomic E-state index is -0.211. The van der Waals surface area contributed by atoms with Crippen LogP contribution in [0.15, 0.2) is 0 Å². The van der Waals surface area contributed by atoms with E-state index in [-0.39, 0.29) is 23.5 Å². The Morgan fingerprint density at radius 1 is 0.600 bits per heavy atom. The summed E-state index contributed by atoms with van der Waals surface area (Å²) in [5, 5.41) is 0. The molecule has 0 bridgehead atoms. The van der Waals surface area contributed by atoms with Crippen LogP contribution >= 0.6 is 0 Å². The van der Waals surface area contributed by atoms with Crippen molar-refractivity contribution in [2.75, 3.05) is 13.2 Å². The lowest BCUT2D eigenvalue weighted by molar-refractivity contribution is -0.141. The smallest absolute Gasteiger partial charge is 0.302 e. The van der Waals surface area contributed by atoms with Gasteiger partial charge in [-0.05, 0) is 41.5 Å². The molecule has 0 saturated heterocycles. The third kappa shape index (κ3) is 207. The SMILES string of the molecule is CC(C)=O.CC(C)=O.CCOC(C)=O.CCOC(C)=O. The highest BCUT2D eigenvalue weighted by molar-refractivity contribution is 5.72. The lowest BCUT2D eigenvalue weighted by atomic mass is 10.6. The van der Waals surface area contributed by atoms with E-state index in [1.807, 2.05) is 0 Å². The molecule has 0 aromatic rings. The first-order valence-electron chi connectivity index (χ1n) is 6.22. The van der Waals surface area contributed by atoms with Gasteiger partial charge in [0.2, 0.25) is 0 Å². The van der Waals surface area contributed by atoms with Crippen molar-refractivity contribution in [1.82, 2.24) is 0 Å². The van der Waals surface area contributed by atoms with Crippen molar-refractivity contribution in [3.63, 3.8) is 0 Å². The fraction of sp³-hybridized carbons (Fsp3) is 0.714. The molecule has 0 unspecified atom stereocenters. The van der Waals surface area contributed by atoms with Crippen LogP contribution in [0.25, 0.3) is 0 Å². The lowest BCUT2D eigenvalue weighted by Crippen LogP contribution is -1.95. The molecule has 0 radical (unpaired) electrons. The average molecular weight is 292 g/mol. The number of esters is 2. The van der Waals surface area contributed by atoms with Crippen LogP contribution in [0.1, 0.15) is 55.4 Å². The molecular formula is C14H28O6. The van der Waals surface area contributed by atoms with E-state index in [9.17, 15) is 19.2 Å². The molecule has 0 amide bonds. The number of carbonyl (C=O) groups excluding carboxylic acids is 4. The summed E-state index contributed by atoms with van der Waals surface area (Å²) in [5.41, 5.74) is 0. The van der Waals surface area contributed by atoms with Crippen LogP contribution in [0, 0.1) is 0 Å². The predicted molar refractivity (Wildman–Crippen MR) is 77.3 cm³/mol.